The molecular formula is C15H23Cl2N. The highest BCUT2D eigenvalue weighted by Gasteiger charge is 2.14. The van der Waals surface area contributed by atoms with Crippen molar-refractivity contribution in [2.24, 2.45) is 11.7 Å². The second-order valence-electron chi connectivity index (χ2n) is 4.96. The molecule has 102 valence electrons. The summed E-state index contributed by atoms with van der Waals surface area (Å²) in [5.41, 5.74) is 7.31. The van der Waals surface area contributed by atoms with Gasteiger partial charge in [-0.25, -0.2) is 0 Å². The van der Waals surface area contributed by atoms with Crippen molar-refractivity contribution >= 4 is 23.2 Å². The highest BCUT2D eigenvalue weighted by Crippen LogP contribution is 2.28. The van der Waals surface area contributed by atoms with E-state index in [1.54, 1.807) is 6.07 Å². The molecule has 2 N–H and O–H groups in total. The molecule has 3 heteroatoms. The molecule has 0 saturated carbocycles. The number of hydrogen-bond acceptors (Lipinski definition) is 1. The summed E-state index contributed by atoms with van der Waals surface area (Å²) in [5.74, 6) is 0.692. The lowest BCUT2D eigenvalue weighted by Gasteiger charge is -2.20. The number of unbranched alkanes of at least 4 members (excludes halogenated alkanes) is 1. The van der Waals surface area contributed by atoms with Crippen LogP contribution >= 0.6 is 23.2 Å². The quantitative estimate of drug-likeness (QED) is 0.694. The first-order valence-corrected chi connectivity index (χ1v) is 7.54. The second-order valence-corrected chi connectivity index (χ2v) is 5.83. The van der Waals surface area contributed by atoms with E-state index < -0.39 is 0 Å². The fourth-order valence-corrected chi connectivity index (χ4v) is 2.81. The van der Waals surface area contributed by atoms with Gasteiger partial charge in [-0.2, -0.15) is 0 Å². The van der Waals surface area contributed by atoms with E-state index in [9.17, 15) is 0 Å². The number of benzene rings is 1. The first-order valence-electron chi connectivity index (χ1n) is 6.78. The molecule has 0 spiro atoms. The van der Waals surface area contributed by atoms with Gasteiger partial charge in [0, 0.05) is 16.1 Å². The molecule has 18 heavy (non-hydrogen) atoms. The van der Waals surface area contributed by atoms with Crippen LogP contribution in [-0.4, -0.2) is 0 Å². The lowest BCUT2D eigenvalue weighted by Crippen LogP contribution is -2.15. The van der Waals surface area contributed by atoms with E-state index in [4.69, 9.17) is 28.9 Å². The number of hydrogen-bond donors (Lipinski definition) is 1. The minimum absolute atomic E-state index is 0.0306. The molecule has 1 aromatic carbocycles. The Hall–Kier alpha value is -0.240. The Morgan fingerprint density at radius 1 is 1.11 bits per heavy atom. The van der Waals surface area contributed by atoms with Gasteiger partial charge in [0.15, 0.2) is 0 Å². The van der Waals surface area contributed by atoms with Gasteiger partial charge in [-0.15, -0.1) is 0 Å². The topological polar surface area (TPSA) is 26.0 Å². The Bertz CT molecular complexity index is 345. The van der Waals surface area contributed by atoms with Gasteiger partial charge in [-0.1, -0.05) is 62.7 Å². The minimum Gasteiger partial charge on any atom is -0.324 e. The van der Waals surface area contributed by atoms with E-state index in [-0.39, 0.29) is 6.04 Å². The predicted molar refractivity (Wildman–Crippen MR) is 81.3 cm³/mol. The fraction of sp³-hybridized carbons (Fsp3) is 0.600. The first-order chi connectivity index (χ1) is 8.56. The summed E-state index contributed by atoms with van der Waals surface area (Å²) < 4.78 is 0. The molecule has 0 radical (unpaired) electrons. The fourth-order valence-electron chi connectivity index (χ4n) is 2.27. The molecule has 2 atom stereocenters. The molecule has 0 aliphatic heterocycles. The van der Waals surface area contributed by atoms with Crippen molar-refractivity contribution in [3.8, 4) is 0 Å². The Labute approximate surface area is 121 Å². The van der Waals surface area contributed by atoms with Crippen LogP contribution in [0.1, 0.15) is 57.6 Å². The number of nitrogens with two attached hydrogens (primary N) is 1. The summed E-state index contributed by atoms with van der Waals surface area (Å²) in [6, 6.07) is 5.62. The van der Waals surface area contributed by atoms with E-state index in [1.165, 1.54) is 25.7 Å². The van der Waals surface area contributed by atoms with Crippen LogP contribution in [0, 0.1) is 5.92 Å². The first kappa shape index (κ1) is 15.8. The van der Waals surface area contributed by atoms with E-state index in [2.05, 4.69) is 13.8 Å². The molecule has 0 amide bonds. The van der Waals surface area contributed by atoms with Gasteiger partial charge >= 0.3 is 0 Å². The standard InChI is InChI=1S/C15H23Cl2N/c1-3-5-6-11(4-2)7-15(18)12-8-13(16)10-14(17)9-12/h8-11,15H,3-7,18H2,1-2H3. The Balaban J connectivity index is 2.65. The molecule has 0 aliphatic rings. The van der Waals surface area contributed by atoms with Crippen LogP contribution in [0.4, 0.5) is 0 Å². The molecule has 0 saturated heterocycles. The van der Waals surface area contributed by atoms with Crippen molar-refractivity contribution < 1.29 is 0 Å². The molecule has 2 unspecified atom stereocenters. The highest BCUT2D eigenvalue weighted by molar-refractivity contribution is 6.34. The van der Waals surface area contributed by atoms with E-state index in [1.807, 2.05) is 12.1 Å². The summed E-state index contributed by atoms with van der Waals surface area (Å²) in [4.78, 5) is 0. The normalized spacial score (nSPS) is 14.5. The summed E-state index contributed by atoms with van der Waals surface area (Å²) in [5, 5.41) is 1.32. The summed E-state index contributed by atoms with van der Waals surface area (Å²) >= 11 is 12.0. The van der Waals surface area contributed by atoms with Gasteiger partial charge < -0.3 is 5.73 Å². The largest absolute Gasteiger partial charge is 0.324 e. The maximum Gasteiger partial charge on any atom is 0.0424 e. The van der Waals surface area contributed by atoms with Crippen molar-refractivity contribution in [1.29, 1.82) is 0 Å². The molecule has 0 aliphatic carbocycles. The second kappa shape index (κ2) is 8.04. The number of rotatable bonds is 7. The lowest BCUT2D eigenvalue weighted by molar-refractivity contribution is 0.388. The Morgan fingerprint density at radius 3 is 2.22 bits per heavy atom. The number of halogens is 2. The molecule has 0 fully saturated rings. The van der Waals surface area contributed by atoms with E-state index >= 15 is 0 Å². The van der Waals surface area contributed by atoms with Crippen molar-refractivity contribution in [3.63, 3.8) is 0 Å². The van der Waals surface area contributed by atoms with Gasteiger partial charge in [0.05, 0.1) is 0 Å². The zero-order valence-corrected chi connectivity index (χ0v) is 12.8. The van der Waals surface area contributed by atoms with Crippen LogP contribution in [0.25, 0.3) is 0 Å². The van der Waals surface area contributed by atoms with Gasteiger partial charge in [0.1, 0.15) is 0 Å². The van der Waals surface area contributed by atoms with Crippen molar-refractivity contribution in [1.82, 2.24) is 0 Å². The smallest absolute Gasteiger partial charge is 0.0424 e. The van der Waals surface area contributed by atoms with Crippen LogP contribution in [0.5, 0.6) is 0 Å². The van der Waals surface area contributed by atoms with Gasteiger partial charge in [0.2, 0.25) is 0 Å². The van der Waals surface area contributed by atoms with Gasteiger partial charge in [0.25, 0.3) is 0 Å². The van der Waals surface area contributed by atoms with Crippen molar-refractivity contribution in [2.75, 3.05) is 0 Å². The summed E-state index contributed by atoms with van der Waals surface area (Å²) in [6.07, 6.45) is 5.97. The average molecular weight is 288 g/mol. The van der Waals surface area contributed by atoms with E-state index in [0.717, 1.165) is 12.0 Å². The SMILES string of the molecule is CCCCC(CC)CC(N)c1cc(Cl)cc(Cl)c1. The van der Waals surface area contributed by atoms with Crippen LogP contribution < -0.4 is 5.73 Å². The van der Waals surface area contributed by atoms with Crippen molar-refractivity contribution in [2.45, 2.75) is 52.0 Å². The third kappa shape index (κ3) is 5.17. The zero-order valence-electron chi connectivity index (χ0n) is 11.3. The summed E-state index contributed by atoms with van der Waals surface area (Å²) in [6.45, 7) is 4.46. The van der Waals surface area contributed by atoms with Gasteiger partial charge in [-0.3, -0.25) is 0 Å². The molecule has 0 bridgehead atoms. The van der Waals surface area contributed by atoms with E-state index in [0.29, 0.717) is 16.0 Å². The average Bonchev–Trinajstić information content (AvgIpc) is 2.32. The minimum atomic E-state index is 0.0306. The molecule has 0 aromatic heterocycles. The Kier molecular flexibility index (Phi) is 7.06. The lowest BCUT2D eigenvalue weighted by atomic mass is 9.90. The summed E-state index contributed by atoms with van der Waals surface area (Å²) in [7, 11) is 0. The van der Waals surface area contributed by atoms with Crippen LogP contribution in [0.3, 0.4) is 0 Å². The maximum atomic E-state index is 6.26. The monoisotopic (exact) mass is 287 g/mol. The molecular weight excluding hydrogens is 265 g/mol. The molecule has 1 aromatic rings. The zero-order chi connectivity index (χ0) is 13.5. The van der Waals surface area contributed by atoms with Gasteiger partial charge in [-0.05, 0) is 36.1 Å². The van der Waals surface area contributed by atoms with Crippen LogP contribution in [0.15, 0.2) is 18.2 Å². The highest BCUT2D eigenvalue weighted by atomic mass is 35.5. The Morgan fingerprint density at radius 2 is 1.72 bits per heavy atom. The molecule has 1 rings (SSSR count). The third-order valence-corrected chi connectivity index (χ3v) is 3.88. The van der Waals surface area contributed by atoms with Crippen LogP contribution in [0.2, 0.25) is 10.0 Å². The maximum absolute atomic E-state index is 6.26. The van der Waals surface area contributed by atoms with Crippen molar-refractivity contribution in [3.05, 3.63) is 33.8 Å². The predicted octanol–water partition coefficient (Wildman–Crippen LogP) is 5.60. The third-order valence-electron chi connectivity index (χ3n) is 3.44. The van der Waals surface area contributed by atoms with Crippen LogP contribution in [-0.2, 0) is 0 Å². The molecule has 0 heterocycles. The molecule has 1 nitrogen and oxygen atoms in total.